The molecule has 0 amide bonds. The van der Waals surface area contributed by atoms with Crippen molar-refractivity contribution < 1.29 is 27.8 Å². The van der Waals surface area contributed by atoms with Gasteiger partial charge in [0.05, 0.1) is 25.2 Å². The molecule has 0 saturated heterocycles. The molecule has 0 bridgehead atoms. The third-order valence-corrected chi connectivity index (χ3v) is 5.39. The second-order valence-electron chi connectivity index (χ2n) is 7.49. The van der Waals surface area contributed by atoms with Crippen molar-refractivity contribution in [2.45, 2.75) is 13.8 Å². The van der Waals surface area contributed by atoms with Crippen LogP contribution in [0, 0.1) is 19.7 Å². The number of carbonyl (C=O) groups is 1. The third kappa shape index (κ3) is 4.17. The molecule has 0 fully saturated rings. The lowest BCUT2D eigenvalue weighted by molar-refractivity contribution is 0.0731. The Labute approximate surface area is 189 Å². The molecule has 0 aliphatic rings. The molecule has 0 aliphatic carbocycles. The van der Waals surface area contributed by atoms with Gasteiger partial charge in [-0.15, -0.1) is 0 Å². The van der Waals surface area contributed by atoms with Gasteiger partial charge in [0.15, 0.2) is 17.3 Å². The number of fused-ring (bicyclic) bond motifs is 1. The summed E-state index contributed by atoms with van der Waals surface area (Å²) < 4.78 is 35.5. The Bertz CT molecular complexity index is 1420. The van der Waals surface area contributed by atoms with E-state index in [1.54, 1.807) is 30.3 Å². The predicted molar refractivity (Wildman–Crippen MR) is 122 cm³/mol. The van der Waals surface area contributed by atoms with E-state index < -0.39 is 17.2 Å². The van der Waals surface area contributed by atoms with Gasteiger partial charge in [-0.2, -0.15) is 0 Å². The fourth-order valence-electron chi connectivity index (χ4n) is 3.43. The van der Waals surface area contributed by atoms with E-state index in [2.05, 4.69) is 0 Å². The Morgan fingerprint density at radius 2 is 1.55 bits per heavy atom. The summed E-state index contributed by atoms with van der Waals surface area (Å²) in [7, 11) is 2.99. The van der Waals surface area contributed by atoms with Gasteiger partial charge in [0.25, 0.3) is 0 Å². The van der Waals surface area contributed by atoms with Crippen molar-refractivity contribution in [3.8, 4) is 28.6 Å². The molecule has 0 unspecified atom stereocenters. The second-order valence-corrected chi connectivity index (χ2v) is 7.49. The summed E-state index contributed by atoms with van der Waals surface area (Å²) in [6.45, 7) is 3.79. The van der Waals surface area contributed by atoms with E-state index in [0.717, 1.165) is 23.3 Å². The molecule has 0 aliphatic heterocycles. The van der Waals surface area contributed by atoms with Crippen LogP contribution in [-0.2, 0) is 0 Å². The van der Waals surface area contributed by atoms with Crippen LogP contribution in [-0.4, -0.2) is 20.2 Å². The van der Waals surface area contributed by atoms with E-state index in [4.69, 9.17) is 18.6 Å². The molecule has 1 heterocycles. The molecule has 0 N–H and O–H groups in total. The van der Waals surface area contributed by atoms with Crippen LogP contribution >= 0.6 is 0 Å². The lowest BCUT2D eigenvalue weighted by Crippen LogP contribution is -2.16. The summed E-state index contributed by atoms with van der Waals surface area (Å²) in [4.78, 5) is 26.2. The quantitative estimate of drug-likeness (QED) is 0.378. The Hall–Kier alpha value is -4.13. The van der Waals surface area contributed by atoms with Crippen LogP contribution in [0.15, 0.2) is 63.8 Å². The van der Waals surface area contributed by atoms with Crippen molar-refractivity contribution in [2.75, 3.05) is 14.2 Å². The molecule has 33 heavy (non-hydrogen) atoms. The molecule has 7 heteroatoms. The summed E-state index contributed by atoms with van der Waals surface area (Å²) >= 11 is 0. The lowest BCUT2D eigenvalue weighted by atomic mass is 10.0. The Balaban J connectivity index is 1.94. The number of hydrogen-bond acceptors (Lipinski definition) is 6. The van der Waals surface area contributed by atoms with Crippen LogP contribution in [0.25, 0.3) is 22.3 Å². The van der Waals surface area contributed by atoms with Crippen LogP contribution in [0.5, 0.6) is 17.2 Å². The van der Waals surface area contributed by atoms with Crippen molar-refractivity contribution in [1.29, 1.82) is 0 Å². The van der Waals surface area contributed by atoms with Gasteiger partial charge in [0.1, 0.15) is 11.4 Å². The number of carbonyl (C=O) groups excluding carboxylic acids is 1. The second kappa shape index (κ2) is 8.78. The highest BCUT2D eigenvalue weighted by atomic mass is 19.1. The molecule has 3 aromatic carbocycles. The monoisotopic (exact) mass is 448 g/mol. The smallest absolute Gasteiger partial charge is 0.343 e. The molecule has 0 saturated carbocycles. The van der Waals surface area contributed by atoms with Crippen molar-refractivity contribution in [1.82, 2.24) is 0 Å². The number of aryl methyl sites for hydroxylation is 2. The highest BCUT2D eigenvalue weighted by Crippen LogP contribution is 2.37. The average Bonchev–Trinajstić information content (AvgIpc) is 2.82. The van der Waals surface area contributed by atoms with Gasteiger partial charge in [0, 0.05) is 5.56 Å². The average molecular weight is 448 g/mol. The summed E-state index contributed by atoms with van der Waals surface area (Å²) in [5.74, 6) is -0.616. The SMILES string of the molecule is COc1ccc(-c2oc3cc(C)c(C)cc3c(=O)c2OC(=O)c2ccc(F)cc2)cc1OC. The van der Waals surface area contributed by atoms with Crippen molar-refractivity contribution in [3.63, 3.8) is 0 Å². The summed E-state index contributed by atoms with van der Waals surface area (Å²) in [6, 6.07) is 13.3. The first kappa shape index (κ1) is 22.1. The first-order valence-corrected chi connectivity index (χ1v) is 10.1. The van der Waals surface area contributed by atoms with E-state index in [1.807, 2.05) is 13.8 Å². The molecule has 0 atom stereocenters. The molecule has 6 nitrogen and oxygen atoms in total. The number of esters is 1. The first-order valence-electron chi connectivity index (χ1n) is 10.1. The fraction of sp³-hybridized carbons (Fsp3) is 0.154. The molecule has 168 valence electrons. The summed E-state index contributed by atoms with van der Waals surface area (Å²) in [5, 5.41) is 0.282. The number of halogens is 1. The van der Waals surface area contributed by atoms with Gasteiger partial charge >= 0.3 is 5.97 Å². The van der Waals surface area contributed by atoms with E-state index in [1.165, 1.54) is 26.4 Å². The van der Waals surface area contributed by atoms with Crippen molar-refractivity contribution in [2.24, 2.45) is 0 Å². The van der Waals surface area contributed by atoms with Crippen LogP contribution < -0.4 is 19.6 Å². The standard InChI is InChI=1S/C26H21FO6/c1-14-11-19-21(12-15(14)2)32-24(17-7-10-20(30-3)22(13-17)31-4)25(23(19)28)33-26(29)16-5-8-18(27)9-6-16/h5-13H,1-4H3. The molecule has 4 rings (SSSR count). The molecule has 4 aromatic rings. The molecule has 1 aromatic heterocycles. The van der Waals surface area contributed by atoms with Crippen LogP contribution in [0.4, 0.5) is 4.39 Å². The van der Waals surface area contributed by atoms with Gasteiger partial charge in [-0.1, -0.05) is 0 Å². The summed E-state index contributed by atoms with van der Waals surface area (Å²) in [5.41, 5.74) is 2.24. The third-order valence-electron chi connectivity index (χ3n) is 5.39. The van der Waals surface area contributed by atoms with Crippen molar-refractivity contribution in [3.05, 3.63) is 87.3 Å². The Kier molecular flexibility index (Phi) is 5.87. The highest BCUT2D eigenvalue weighted by Gasteiger charge is 2.23. The summed E-state index contributed by atoms with van der Waals surface area (Å²) in [6.07, 6.45) is 0. The number of hydrogen-bond donors (Lipinski definition) is 0. The maximum absolute atomic E-state index is 13.4. The van der Waals surface area contributed by atoms with Crippen LogP contribution in [0.2, 0.25) is 0 Å². The number of benzene rings is 3. The molecular formula is C26H21FO6. The van der Waals surface area contributed by atoms with E-state index >= 15 is 0 Å². The molecule has 0 radical (unpaired) electrons. The van der Waals surface area contributed by atoms with Crippen molar-refractivity contribution >= 4 is 16.9 Å². The number of ether oxygens (including phenoxy) is 3. The minimum absolute atomic E-state index is 0.0622. The number of rotatable bonds is 5. The normalized spacial score (nSPS) is 10.8. The Morgan fingerprint density at radius 3 is 2.21 bits per heavy atom. The number of methoxy groups -OCH3 is 2. The zero-order valence-electron chi connectivity index (χ0n) is 18.5. The van der Waals surface area contributed by atoms with E-state index in [9.17, 15) is 14.0 Å². The maximum atomic E-state index is 13.4. The van der Waals surface area contributed by atoms with Crippen LogP contribution in [0.1, 0.15) is 21.5 Å². The zero-order valence-corrected chi connectivity index (χ0v) is 18.5. The lowest BCUT2D eigenvalue weighted by Gasteiger charge is -2.13. The van der Waals surface area contributed by atoms with Gasteiger partial charge < -0.3 is 18.6 Å². The van der Waals surface area contributed by atoms with Gasteiger partial charge in [-0.3, -0.25) is 4.79 Å². The fourth-order valence-corrected chi connectivity index (χ4v) is 3.43. The largest absolute Gasteiger partial charge is 0.493 e. The van der Waals surface area contributed by atoms with E-state index in [0.29, 0.717) is 22.6 Å². The van der Waals surface area contributed by atoms with Gasteiger partial charge in [0.2, 0.25) is 11.2 Å². The predicted octanol–water partition coefficient (Wildman–Crippen LogP) is 5.45. The van der Waals surface area contributed by atoms with Gasteiger partial charge in [-0.25, -0.2) is 9.18 Å². The highest BCUT2D eigenvalue weighted by molar-refractivity contribution is 5.93. The molecular weight excluding hydrogens is 427 g/mol. The van der Waals surface area contributed by atoms with E-state index in [-0.39, 0.29) is 22.5 Å². The molecule has 0 spiro atoms. The van der Waals surface area contributed by atoms with Gasteiger partial charge in [-0.05, 0) is 79.6 Å². The minimum atomic E-state index is -0.813. The zero-order chi connectivity index (χ0) is 23.7. The van der Waals surface area contributed by atoms with Crippen LogP contribution in [0.3, 0.4) is 0 Å². The maximum Gasteiger partial charge on any atom is 0.343 e. The Morgan fingerprint density at radius 1 is 0.879 bits per heavy atom. The minimum Gasteiger partial charge on any atom is -0.493 e. The topological polar surface area (TPSA) is 75.0 Å². The first-order chi connectivity index (χ1) is 15.8.